The largest absolute Gasteiger partial charge is 0.475 e. The van der Waals surface area contributed by atoms with Crippen molar-refractivity contribution in [1.82, 2.24) is 4.98 Å². The lowest BCUT2D eigenvalue weighted by molar-refractivity contribution is 0.0656. The molecule has 2 heterocycles. The van der Waals surface area contributed by atoms with Crippen LogP contribution in [0.4, 0.5) is 10.1 Å². The molecule has 0 aromatic carbocycles. The first-order valence-electron chi connectivity index (χ1n) is 4.85. The highest BCUT2D eigenvalue weighted by Gasteiger charge is 2.21. The van der Waals surface area contributed by atoms with Crippen molar-refractivity contribution in [1.29, 1.82) is 0 Å². The lowest BCUT2D eigenvalue weighted by Crippen LogP contribution is -2.12. The molecule has 19 heavy (non-hydrogen) atoms. The van der Waals surface area contributed by atoms with Crippen LogP contribution in [0.15, 0.2) is 40.1 Å². The summed E-state index contributed by atoms with van der Waals surface area (Å²) in [5.41, 5.74) is -0.103. The van der Waals surface area contributed by atoms with Gasteiger partial charge >= 0.3 is 5.97 Å². The highest BCUT2D eigenvalue weighted by molar-refractivity contribution is 7.92. The number of pyridine rings is 1. The molecular formula is C10H7FN2O5S. The number of nitrogens with one attached hydrogen (secondary N) is 1. The summed E-state index contributed by atoms with van der Waals surface area (Å²) >= 11 is 0. The van der Waals surface area contributed by atoms with E-state index in [9.17, 15) is 17.6 Å². The zero-order chi connectivity index (χ0) is 14.0. The normalized spacial score (nSPS) is 11.2. The molecule has 9 heteroatoms. The van der Waals surface area contributed by atoms with Gasteiger partial charge in [0.05, 0.1) is 18.1 Å². The molecule has 2 aromatic rings. The Morgan fingerprint density at radius 1 is 1.37 bits per heavy atom. The quantitative estimate of drug-likeness (QED) is 0.877. The third-order valence-electron chi connectivity index (χ3n) is 2.01. The van der Waals surface area contributed by atoms with Crippen molar-refractivity contribution in [2.45, 2.75) is 5.09 Å². The smallest absolute Gasteiger partial charge is 0.371 e. The second-order valence-electron chi connectivity index (χ2n) is 3.42. The predicted molar refractivity (Wildman–Crippen MR) is 60.7 cm³/mol. The Morgan fingerprint density at radius 2 is 2.11 bits per heavy atom. The molecule has 7 nitrogen and oxygen atoms in total. The molecule has 0 aliphatic carbocycles. The number of sulfonamides is 1. The maximum Gasteiger partial charge on any atom is 0.371 e. The minimum absolute atomic E-state index is 0.103. The van der Waals surface area contributed by atoms with E-state index in [4.69, 9.17) is 5.11 Å². The summed E-state index contributed by atoms with van der Waals surface area (Å²) < 4.78 is 43.1. The Bertz CT molecular complexity index is 725. The van der Waals surface area contributed by atoms with Crippen LogP contribution in [-0.4, -0.2) is 24.5 Å². The Morgan fingerprint density at radius 3 is 2.68 bits per heavy atom. The van der Waals surface area contributed by atoms with Gasteiger partial charge in [0.15, 0.2) is 0 Å². The summed E-state index contributed by atoms with van der Waals surface area (Å²) in [6.45, 7) is 0. The number of carboxylic acids is 1. The molecule has 0 amide bonds. The van der Waals surface area contributed by atoms with Crippen molar-refractivity contribution < 1.29 is 27.1 Å². The van der Waals surface area contributed by atoms with Gasteiger partial charge in [-0.3, -0.25) is 9.71 Å². The first-order chi connectivity index (χ1) is 8.88. The molecule has 0 aliphatic heterocycles. The molecule has 0 radical (unpaired) electrons. The standard InChI is InChI=1S/C10H7FN2O5S/c11-6-3-7(5-12-4-6)13-19(16,17)9-2-1-8(18-9)10(14)15/h1-5,13H,(H,14,15). The van der Waals surface area contributed by atoms with Crippen molar-refractivity contribution in [2.24, 2.45) is 0 Å². The summed E-state index contributed by atoms with van der Waals surface area (Å²) in [7, 11) is -4.13. The Kier molecular flexibility index (Phi) is 3.21. The van der Waals surface area contributed by atoms with E-state index in [2.05, 4.69) is 9.40 Å². The van der Waals surface area contributed by atoms with Crippen molar-refractivity contribution in [3.63, 3.8) is 0 Å². The van der Waals surface area contributed by atoms with E-state index >= 15 is 0 Å². The van der Waals surface area contributed by atoms with Crippen LogP contribution in [0.25, 0.3) is 0 Å². The zero-order valence-electron chi connectivity index (χ0n) is 9.20. The van der Waals surface area contributed by atoms with Gasteiger partial charge in [0.1, 0.15) is 5.82 Å². The summed E-state index contributed by atoms with van der Waals surface area (Å²) in [5.74, 6) is -2.63. The van der Waals surface area contributed by atoms with Gasteiger partial charge in [0.25, 0.3) is 10.0 Å². The number of rotatable bonds is 4. The monoisotopic (exact) mass is 286 g/mol. The van der Waals surface area contributed by atoms with Crippen LogP contribution in [0.5, 0.6) is 0 Å². The van der Waals surface area contributed by atoms with Gasteiger partial charge in [-0.05, 0) is 12.1 Å². The average molecular weight is 286 g/mol. The minimum atomic E-state index is -4.13. The fourth-order valence-corrected chi connectivity index (χ4v) is 2.22. The second-order valence-corrected chi connectivity index (χ2v) is 5.03. The van der Waals surface area contributed by atoms with E-state index in [1.807, 2.05) is 4.72 Å². The molecule has 0 saturated carbocycles. The number of aromatic nitrogens is 1. The fraction of sp³-hybridized carbons (Fsp3) is 0. The van der Waals surface area contributed by atoms with Gasteiger partial charge in [0, 0.05) is 6.07 Å². The molecule has 0 saturated heterocycles. The van der Waals surface area contributed by atoms with Crippen LogP contribution in [0.2, 0.25) is 0 Å². The van der Waals surface area contributed by atoms with E-state index in [1.54, 1.807) is 0 Å². The number of nitrogens with zero attached hydrogens (tertiary/aromatic N) is 1. The average Bonchev–Trinajstić information content (AvgIpc) is 2.78. The second kappa shape index (κ2) is 4.69. The van der Waals surface area contributed by atoms with Gasteiger partial charge in [0.2, 0.25) is 10.9 Å². The van der Waals surface area contributed by atoms with Crippen LogP contribution in [0, 0.1) is 5.82 Å². The topological polar surface area (TPSA) is 110 Å². The van der Waals surface area contributed by atoms with Gasteiger partial charge in [-0.15, -0.1) is 0 Å². The van der Waals surface area contributed by atoms with Crippen LogP contribution in [0.3, 0.4) is 0 Å². The van der Waals surface area contributed by atoms with Crippen LogP contribution < -0.4 is 4.72 Å². The molecule has 2 aromatic heterocycles. The lowest BCUT2D eigenvalue weighted by Gasteiger charge is -2.04. The van der Waals surface area contributed by atoms with E-state index in [0.29, 0.717) is 0 Å². The van der Waals surface area contributed by atoms with Gasteiger partial charge in [-0.25, -0.2) is 9.18 Å². The van der Waals surface area contributed by atoms with E-state index in [0.717, 1.165) is 30.6 Å². The SMILES string of the molecule is O=C(O)c1ccc(S(=O)(=O)Nc2cncc(F)c2)o1. The van der Waals surface area contributed by atoms with Gasteiger partial charge in [-0.2, -0.15) is 8.42 Å². The Balaban J connectivity index is 2.29. The number of hydrogen-bond acceptors (Lipinski definition) is 5. The highest BCUT2D eigenvalue weighted by Crippen LogP contribution is 2.18. The number of furan rings is 1. The van der Waals surface area contributed by atoms with Crippen LogP contribution in [0.1, 0.15) is 10.6 Å². The number of aromatic carboxylic acids is 1. The molecule has 0 aliphatic rings. The molecule has 2 N–H and O–H groups in total. The van der Waals surface area contributed by atoms with Crippen LogP contribution >= 0.6 is 0 Å². The highest BCUT2D eigenvalue weighted by atomic mass is 32.2. The van der Waals surface area contributed by atoms with Gasteiger partial charge in [-0.1, -0.05) is 0 Å². The Hall–Kier alpha value is -2.42. The molecule has 0 spiro atoms. The number of carboxylic acid groups (broad SMARTS) is 1. The Labute approximate surface area is 106 Å². The molecule has 2 rings (SSSR count). The molecule has 100 valence electrons. The first-order valence-corrected chi connectivity index (χ1v) is 6.33. The molecule has 0 fully saturated rings. The minimum Gasteiger partial charge on any atom is -0.475 e. The third kappa shape index (κ3) is 2.88. The van der Waals surface area contributed by atoms with E-state index in [-0.39, 0.29) is 5.69 Å². The number of hydrogen-bond donors (Lipinski definition) is 2. The summed E-state index contributed by atoms with van der Waals surface area (Å²) in [4.78, 5) is 14.0. The van der Waals surface area contributed by atoms with Crippen LogP contribution in [-0.2, 0) is 10.0 Å². The fourth-order valence-electron chi connectivity index (χ4n) is 1.25. The molecular weight excluding hydrogens is 279 g/mol. The molecule has 0 atom stereocenters. The summed E-state index contributed by atoms with van der Waals surface area (Å²) in [6.07, 6.45) is 2.01. The summed E-state index contributed by atoms with van der Waals surface area (Å²) in [6, 6.07) is 2.91. The van der Waals surface area contributed by atoms with Crippen molar-refractivity contribution in [3.05, 3.63) is 42.2 Å². The zero-order valence-corrected chi connectivity index (χ0v) is 10.0. The third-order valence-corrected chi connectivity index (χ3v) is 3.27. The lowest BCUT2D eigenvalue weighted by atomic mass is 10.4. The maximum absolute atomic E-state index is 12.9. The predicted octanol–water partition coefficient (Wildman–Crippen LogP) is 1.31. The number of halogens is 1. The first kappa shape index (κ1) is 13.0. The summed E-state index contributed by atoms with van der Waals surface area (Å²) in [5, 5.41) is 8.03. The molecule has 0 bridgehead atoms. The maximum atomic E-state index is 12.9. The molecule has 0 unspecified atom stereocenters. The van der Waals surface area contributed by atoms with E-state index < -0.39 is 32.7 Å². The number of anilines is 1. The van der Waals surface area contributed by atoms with Crippen molar-refractivity contribution in [2.75, 3.05) is 4.72 Å². The van der Waals surface area contributed by atoms with E-state index in [1.165, 1.54) is 0 Å². The van der Waals surface area contributed by atoms with Crippen molar-refractivity contribution >= 4 is 21.7 Å². The van der Waals surface area contributed by atoms with Crippen molar-refractivity contribution in [3.8, 4) is 0 Å². The van der Waals surface area contributed by atoms with Gasteiger partial charge < -0.3 is 9.52 Å². The number of carbonyl (C=O) groups is 1.